The van der Waals surface area contributed by atoms with Crippen molar-refractivity contribution in [2.45, 2.75) is 32.6 Å². The van der Waals surface area contributed by atoms with Crippen molar-refractivity contribution in [2.75, 3.05) is 24.2 Å². The van der Waals surface area contributed by atoms with Gasteiger partial charge in [-0.25, -0.2) is 12.7 Å². The van der Waals surface area contributed by atoms with Gasteiger partial charge >= 0.3 is 0 Å². The van der Waals surface area contributed by atoms with Gasteiger partial charge in [0.25, 0.3) is 0 Å². The minimum Gasteiger partial charge on any atom is -0.326 e. The summed E-state index contributed by atoms with van der Waals surface area (Å²) < 4.78 is 26.8. The zero-order valence-corrected chi connectivity index (χ0v) is 17.1. The van der Waals surface area contributed by atoms with Gasteiger partial charge in [0.2, 0.25) is 15.9 Å². The number of nitrogens with zero attached hydrogens (tertiary/aromatic N) is 1. The Balaban J connectivity index is 1.47. The molecular weight excluding hydrogens is 372 g/mol. The molecule has 0 unspecified atom stereocenters. The second-order valence-corrected chi connectivity index (χ2v) is 9.47. The van der Waals surface area contributed by atoms with E-state index in [1.54, 1.807) is 4.31 Å². The van der Waals surface area contributed by atoms with Crippen molar-refractivity contribution in [3.63, 3.8) is 0 Å². The van der Waals surface area contributed by atoms with Gasteiger partial charge in [0.15, 0.2) is 0 Å². The largest absolute Gasteiger partial charge is 0.326 e. The van der Waals surface area contributed by atoms with E-state index in [1.807, 2.05) is 61.5 Å². The predicted octanol–water partition coefficient (Wildman–Crippen LogP) is 3.61. The average Bonchev–Trinajstić information content (AvgIpc) is 2.70. The number of hydrogen-bond donors (Lipinski definition) is 1. The summed E-state index contributed by atoms with van der Waals surface area (Å²) >= 11 is 0. The number of carbonyl (C=O) groups excluding carboxylic acids is 1. The molecule has 0 saturated carbocycles. The van der Waals surface area contributed by atoms with E-state index in [9.17, 15) is 13.2 Å². The maximum Gasteiger partial charge on any atom is 0.227 e. The Morgan fingerprint density at radius 1 is 1.04 bits per heavy atom. The monoisotopic (exact) mass is 400 g/mol. The van der Waals surface area contributed by atoms with E-state index in [4.69, 9.17) is 0 Å². The van der Waals surface area contributed by atoms with Crippen LogP contribution < -0.4 is 5.32 Å². The maximum absolute atomic E-state index is 12.6. The van der Waals surface area contributed by atoms with Gasteiger partial charge in [-0.2, -0.15) is 0 Å². The minimum atomic E-state index is -3.27. The molecule has 1 N–H and O–H groups in total. The average molecular weight is 401 g/mol. The number of hydrogen-bond acceptors (Lipinski definition) is 3. The molecular formula is C22H28N2O3S. The van der Waals surface area contributed by atoms with E-state index < -0.39 is 10.0 Å². The fraction of sp³-hybridized carbons (Fsp3) is 0.409. The standard InChI is InChI=1S/C22H28N2O3S/c1-18-8-5-6-12-21(18)23-22(25)20-13-15-24(16-14-20)28(26,27)17-7-11-19-9-3-2-4-10-19/h2-6,8-10,12,20H,7,11,13-17H2,1H3,(H,23,25). The Morgan fingerprint density at radius 2 is 1.68 bits per heavy atom. The third-order valence-corrected chi connectivity index (χ3v) is 7.29. The molecule has 5 nitrogen and oxygen atoms in total. The van der Waals surface area contributed by atoms with Crippen molar-refractivity contribution in [1.29, 1.82) is 0 Å². The van der Waals surface area contributed by atoms with E-state index in [2.05, 4.69) is 5.32 Å². The molecule has 0 aliphatic carbocycles. The summed E-state index contributed by atoms with van der Waals surface area (Å²) in [7, 11) is -3.27. The van der Waals surface area contributed by atoms with Crippen LogP contribution in [0.2, 0.25) is 0 Å². The highest BCUT2D eigenvalue weighted by molar-refractivity contribution is 7.89. The van der Waals surface area contributed by atoms with Crippen LogP contribution in [0.25, 0.3) is 0 Å². The molecule has 3 rings (SSSR count). The molecule has 0 atom stereocenters. The predicted molar refractivity (Wildman–Crippen MR) is 113 cm³/mol. The van der Waals surface area contributed by atoms with Crippen molar-refractivity contribution in [2.24, 2.45) is 5.92 Å². The van der Waals surface area contributed by atoms with Crippen LogP contribution in [0.3, 0.4) is 0 Å². The molecule has 1 heterocycles. The first-order chi connectivity index (χ1) is 13.5. The fourth-order valence-electron chi connectivity index (χ4n) is 3.58. The summed E-state index contributed by atoms with van der Waals surface area (Å²) in [6.07, 6.45) is 2.50. The number of amides is 1. The Hall–Kier alpha value is -2.18. The smallest absolute Gasteiger partial charge is 0.227 e. The van der Waals surface area contributed by atoms with Gasteiger partial charge in [0, 0.05) is 24.7 Å². The summed E-state index contributed by atoms with van der Waals surface area (Å²) in [6, 6.07) is 17.6. The van der Waals surface area contributed by atoms with Gasteiger partial charge in [-0.05, 0) is 49.8 Å². The summed E-state index contributed by atoms with van der Waals surface area (Å²) in [6.45, 7) is 2.79. The highest BCUT2D eigenvalue weighted by atomic mass is 32.2. The summed E-state index contributed by atoms with van der Waals surface area (Å²) in [5.74, 6) is -0.00657. The molecule has 1 saturated heterocycles. The molecule has 0 radical (unpaired) electrons. The van der Waals surface area contributed by atoms with Crippen LogP contribution in [-0.2, 0) is 21.2 Å². The number of benzene rings is 2. The van der Waals surface area contributed by atoms with Crippen LogP contribution in [0.5, 0.6) is 0 Å². The van der Waals surface area contributed by atoms with Crippen LogP contribution in [-0.4, -0.2) is 37.5 Å². The topological polar surface area (TPSA) is 66.5 Å². The van der Waals surface area contributed by atoms with E-state index >= 15 is 0 Å². The number of rotatable bonds is 7. The number of piperidine rings is 1. The lowest BCUT2D eigenvalue weighted by Gasteiger charge is -2.30. The van der Waals surface area contributed by atoms with Crippen LogP contribution >= 0.6 is 0 Å². The summed E-state index contributed by atoms with van der Waals surface area (Å²) in [5.41, 5.74) is 3.00. The highest BCUT2D eigenvalue weighted by Crippen LogP contribution is 2.23. The van der Waals surface area contributed by atoms with E-state index in [-0.39, 0.29) is 17.6 Å². The lowest BCUT2D eigenvalue weighted by atomic mass is 9.97. The Bertz CT molecular complexity index is 889. The van der Waals surface area contributed by atoms with Gasteiger partial charge < -0.3 is 5.32 Å². The van der Waals surface area contributed by atoms with Crippen molar-refractivity contribution >= 4 is 21.6 Å². The zero-order chi connectivity index (χ0) is 20.0. The highest BCUT2D eigenvalue weighted by Gasteiger charge is 2.30. The molecule has 0 bridgehead atoms. The van der Waals surface area contributed by atoms with E-state index in [0.29, 0.717) is 32.4 Å². The Kier molecular flexibility index (Phi) is 6.86. The molecule has 28 heavy (non-hydrogen) atoms. The Labute approximate surface area is 167 Å². The molecule has 2 aromatic carbocycles. The number of anilines is 1. The molecule has 2 aromatic rings. The van der Waals surface area contributed by atoms with Crippen molar-refractivity contribution < 1.29 is 13.2 Å². The van der Waals surface area contributed by atoms with Gasteiger partial charge in [0.1, 0.15) is 0 Å². The third-order valence-electron chi connectivity index (χ3n) is 5.33. The van der Waals surface area contributed by atoms with Crippen LogP contribution in [0, 0.1) is 12.8 Å². The minimum absolute atomic E-state index is 0.0181. The van der Waals surface area contributed by atoms with Crippen LogP contribution in [0.15, 0.2) is 54.6 Å². The van der Waals surface area contributed by atoms with Crippen LogP contribution in [0.4, 0.5) is 5.69 Å². The van der Waals surface area contributed by atoms with Crippen molar-refractivity contribution in [3.05, 3.63) is 65.7 Å². The van der Waals surface area contributed by atoms with Gasteiger partial charge in [-0.1, -0.05) is 48.5 Å². The Morgan fingerprint density at radius 3 is 2.36 bits per heavy atom. The number of nitrogens with one attached hydrogen (secondary N) is 1. The summed E-state index contributed by atoms with van der Waals surface area (Å²) in [4.78, 5) is 12.5. The summed E-state index contributed by atoms with van der Waals surface area (Å²) in [5, 5.41) is 2.98. The quantitative estimate of drug-likeness (QED) is 0.772. The molecule has 0 aromatic heterocycles. The first-order valence-corrected chi connectivity index (χ1v) is 11.4. The molecule has 1 aliphatic heterocycles. The second kappa shape index (κ2) is 9.34. The zero-order valence-electron chi connectivity index (χ0n) is 16.3. The normalized spacial score (nSPS) is 16.0. The molecule has 150 valence electrons. The second-order valence-electron chi connectivity index (χ2n) is 7.38. The van der Waals surface area contributed by atoms with Crippen molar-refractivity contribution in [1.82, 2.24) is 4.31 Å². The number of para-hydroxylation sites is 1. The lowest BCUT2D eigenvalue weighted by Crippen LogP contribution is -2.42. The fourth-order valence-corrected chi connectivity index (χ4v) is 5.11. The number of aryl methyl sites for hydroxylation is 2. The molecule has 1 amide bonds. The van der Waals surface area contributed by atoms with Gasteiger partial charge in [-0.15, -0.1) is 0 Å². The lowest BCUT2D eigenvalue weighted by molar-refractivity contribution is -0.120. The van der Waals surface area contributed by atoms with E-state index in [1.165, 1.54) is 0 Å². The molecule has 0 spiro atoms. The SMILES string of the molecule is Cc1ccccc1NC(=O)C1CCN(S(=O)(=O)CCCc2ccccc2)CC1. The maximum atomic E-state index is 12.6. The molecule has 1 aliphatic rings. The van der Waals surface area contributed by atoms with Crippen LogP contribution in [0.1, 0.15) is 30.4 Å². The van der Waals surface area contributed by atoms with Gasteiger partial charge in [-0.3, -0.25) is 4.79 Å². The van der Waals surface area contributed by atoms with Gasteiger partial charge in [0.05, 0.1) is 5.75 Å². The third kappa shape index (κ3) is 5.42. The first kappa shape index (κ1) is 20.6. The number of sulfonamides is 1. The molecule has 6 heteroatoms. The van der Waals surface area contributed by atoms with E-state index in [0.717, 1.165) is 23.2 Å². The van der Waals surface area contributed by atoms with Crippen molar-refractivity contribution in [3.8, 4) is 0 Å². The number of carbonyl (C=O) groups is 1. The molecule has 1 fully saturated rings. The first-order valence-electron chi connectivity index (χ1n) is 9.84.